The summed E-state index contributed by atoms with van der Waals surface area (Å²) in [5.74, 6) is 1.28. The van der Waals surface area contributed by atoms with Gasteiger partial charge in [0.2, 0.25) is 5.95 Å². The van der Waals surface area contributed by atoms with Crippen LogP contribution in [0.1, 0.15) is 33.3 Å². The average molecular weight is 396 g/mol. The van der Waals surface area contributed by atoms with Gasteiger partial charge in [-0.15, -0.1) is 0 Å². The largest absolute Gasteiger partial charge is 0.332 e. The Bertz CT molecular complexity index is 1170. The molecule has 0 N–H and O–H groups in total. The third-order valence-electron chi connectivity index (χ3n) is 5.65. The molecule has 154 valence electrons. The van der Waals surface area contributed by atoms with Gasteiger partial charge in [-0.3, -0.25) is 13.9 Å². The summed E-state index contributed by atoms with van der Waals surface area (Å²) in [5.41, 5.74) is 2.76. The van der Waals surface area contributed by atoms with Gasteiger partial charge in [0.05, 0.1) is 0 Å². The summed E-state index contributed by atoms with van der Waals surface area (Å²) in [4.78, 5) is 33.0. The van der Waals surface area contributed by atoms with Gasteiger partial charge in [0.25, 0.3) is 5.56 Å². The fraction of sp³-hybridized carbons (Fsp3) is 0.500. The lowest BCUT2D eigenvalue weighted by molar-refractivity contribution is 0.454. The molecule has 7 nitrogen and oxygen atoms in total. The molecule has 0 spiro atoms. The third-order valence-corrected chi connectivity index (χ3v) is 5.65. The molecule has 0 saturated carbocycles. The number of rotatable bonds is 4. The molecule has 0 fully saturated rings. The predicted molar refractivity (Wildman–Crippen MR) is 116 cm³/mol. The van der Waals surface area contributed by atoms with Crippen molar-refractivity contribution in [2.75, 3.05) is 11.4 Å². The molecule has 0 amide bonds. The first-order valence-electron chi connectivity index (χ1n) is 10.4. The van der Waals surface area contributed by atoms with Crippen LogP contribution in [0.3, 0.4) is 0 Å². The number of aryl methyl sites for hydroxylation is 2. The molecule has 1 aromatic carbocycles. The van der Waals surface area contributed by atoms with Gasteiger partial charge in [-0.25, -0.2) is 4.79 Å². The second kappa shape index (κ2) is 7.21. The third kappa shape index (κ3) is 3.18. The van der Waals surface area contributed by atoms with Gasteiger partial charge in [0.1, 0.15) is 0 Å². The van der Waals surface area contributed by atoms with Crippen molar-refractivity contribution in [3.8, 4) is 0 Å². The molecule has 4 rings (SSSR count). The Morgan fingerprint density at radius 3 is 2.45 bits per heavy atom. The maximum absolute atomic E-state index is 13.3. The van der Waals surface area contributed by atoms with Crippen LogP contribution in [0.25, 0.3) is 11.2 Å². The summed E-state index contributed by atoms with van der Waals surface area (Å²) >= 11 is 0. The number of nitrogens with zero attached hydrogens (tertiary/aromatic N) is 5. The van der Waals surface area contributed by atoms with Crippen molar-refractivity contribution in [3.05, 3.63) is 50.7 Å². The quantitative estimate of drug-likeness (QED) is 0.681. The van der Waals surface area contributed by atoms with E-state index in [4.69, 9.17) is 4.98 Å². The lowest BCUT2D eigenvalue weighted by Crippen LogP contribution is -2.41. The molecule has 0 saturated heterocycles. The van der Waals surface area contributed by atoms with Crippen LogP contribution < -0.4 is 16.1 Å². The van der Waals surface area contributed by atoms with Crippen LogP contribution in [0.15, 0.2) is 33.9 Å². The van der Waals surface area contributed by atoms with Crippen molar-refractivity contribution in [1.82, 2.24) is 18.7 Å². The topological polar surface area (TPSA) is 65.1 Å². The number of anilines is 2. The van der Waals surface area contributed by atoms with Crippen molar-refractivity contribution >= 4 is 22.8 Å². The Labute approximate surface area is 170 Å². The Hall–Kier alpha value is -2.83. The molecule has 1 aliphatic rings. The van der Waals surface area contributed by atoms with Gasteiger partial charge in [0.15, 0.2) is 11.2 Å². The SMILES string of the molecule is CCc1ccc(N2C[C@@H](C)Cn3c2nc2c3c(=O)n(CC(C)C)c(=O)n2C)cc1. The van der Waals surface area contributed by atoms with Gasteiger partial charge in [-0.05, 0) is 36.0 Å². The number of imidazole rings is 1. The normalized spacial score (nSPS) is 16.6. The number of aromatic nitrogens is 4. The molecule has 1 aliphatic heterocycles. The zero-order valence-electron chi connectivity index (χ0n) is 17.8. The molecule has 7 heteroatoms. The number of hydrogen-bond acceptors (Lipinski definition) is 4. The van der Waals surface area contributed by atoms with Crippen molar-refractivity contribution in [2.24, 2.45) is 18.9 Å². The minimum absolute atomic E-state index is 0.203. The Kier molecular flexibility index (Phi) is 4.84. The fourth-order valence-electron chi connectivity index (χ4n) is 4.16. The van der Waals surface area contributed by atoms with Crippen LogP contribution in [0.2, 0.25) is 0 Å². The Morgan fingerprint density at radius 2 is 1.83 bits per heavy atom. The zero-order chi connectivity index (χ0) is 20.9. The first-order chi connectivity index (χ1) is 13.8. The van der Waals surface area contributed by atoms with E-state index < -0.39 is 0 Å². The van der Waals surface area contributed by atoms with Crippen molar-refractivity contribution < 1.29 is 0 Å². The lowest BCUT2D eigenvalue weighted by atomic mass is 10.1. The van der Waals surface area contributed by atoms with E-state index in [9.17, 15) is 9.59 Å². The zero-order valence-corrected chi connectivity index (χ0v) is 17.8. The highest BCUT2D eigenvalue weighted by Gasteiger charge is 2.29. The van der Waals surface area contributed by atoms with E-state index in [1.165, 1.54) is 14.7 Å². The van der Waals surface area contributed by atoms with Crippen molar-refractivity contribution in [1.29, 1.82) is 0 Å². The summed E-state index contributed by atoms with van der Waals surface area (Å²) in [7, 11) is 1.70. The maximum Gasteiger partial charge on any atom is 0.332 e. The summed E-state index contributed by atoms with van der Waals surface area (Å²) in [5, 5.41) is 0. The maximum atomic E-state index is 13.3. The molecule has 29 heavy (non-hydrogen) atoms. The van der Waals surface area contributed by atoms with Crippen LogP contribution in [0, 0.1) is 11.8 Å². The molecular formula is C22H29N5O2. The minimum Gasteiger partial charge on any atom is -0.312 e. The molecular weight excluding hydrogens is 366 g/mol. The summed E-state index contributed by atoms with van der Waals surface area (Å²) in [6, 6.07) is 8.48. The van der Waals surface area contributed by atoms with Crippen LogP contribution in [0.4, 0.5) is 11.6 Å². The molecule has 0 radical (unpaired) electrons. The monoisotopic (exact) mass is 395 g/mol. The summed E-state index contributed by atoms with van der Waals surface area (Å²) < 4.78 is 4.85. The second-order valence-electron chi connectivity index (χ2n) is 8.58. The number of hydrogen-bond donors (Lipinski definition) is 0. The minimum atomic E-state index is -0.307. The van der Waals surface area contributed by atoms with E-state index in [-0.39, 0.29) is 17.2 Å². The summed E-state index contributed by atoms with van der Waals surface area (Å²) in [6.07, 6.45) is 0.993. The number of fused-ring (bicyclic) bond motifs is 3. The predicted octanol–water partition coefficient (Wildman–Crippen LogP) is 2.90. The standard InChI is InChI=1S/C22H29N5O2/c1-6-16-7-9-17(10-8-16)25-12-15(4)13-26-18-19(23-21(25)26)24(5)22(29)27(20(18)28)11-14(2)3/h7-10,14-15H,6,11-13H2,1-5H3/t15-/m1/s1. The van der Waals surface area contributed by atoms with Gasteiger partial charge < -0.3 is 9.47 Å². The molecule has 0 unspecified atom stereocenters. The highest BCUT2D eigenvalue weighted by Crippen LogP contribution is 2.32. The van der Waals surface area contributed by atoms with Gasteiger partial charge in [0, 0.05) is 32.4 Å². The van der Waals surface area contributed by atoms with Crippen molar-refractivity contribution in [2.45, 2.75) is 47.2 Å². The Morgan fingerprint density at radius 1 is 1.14 bits per heavy atom. The molecule has 1 atom stereocenters. The lowest BCUT2D eigenvalue weighted by Gasteiger charge is -2.33. The Balaban J connectivity index is 1.95. The summed E-state index contributed by atoms with van der Waals surface area (Å²) in [6.45, 7) is 10.3. The van der Waals surface area contributed by atoms with E-state index in [0.717, 1.165) is 24.6 Å². The first kappa shape index (κ1) is 19.5. The van der Waals surface area contributed by atoms with E-state index in [1.807, 2.05) is 18.4 Å². The second-order valence-corrected chi connectivity index (χ2v) is 8.58. The van der Waals surface area contributed by atoms with Crippen LogP contribution in [-0.2, 0) is 26.6 Å². The van der Waals surface area contributed by atoms with Crippen LogP contribution in [-0.4, -0.2) is 25.2 Å². The fourth-order valence-corrected chi connectivity index (χ4v) is 4.16. The highest BCUT2D eigenvalue weighted by atomic mass is 16.2. The number of benzene rings is 1. The van der Waals surface area contributed by atoms with Crippen LogP contribution in [0.5, 0.6) is 0 Å². The van der Waals surface area contributed by atoms with Crippen LogP contribution >= 0.6 is 0 Å². The van der Waals surface area contributed by atoms with E-state index in [2.05, 4.69) is 43.0 Å². The van der Waals surface area contributed by atoms with Gasteiger partial charge in [-0.2, -0.15) is 4.98 Å². The average Bonchev–Trinajstić information content (AvgIpc) is 3.08. The first-order valence-corrected chi connectivity index (χ1v) is 10.4. The molecule has 2 aromatic heterocycles. The van der Waals surface area contributed by atoms with E-state index in [0.29, 0.717) is 30.2 Å². The smallest absolute Gasteiger partial charge is 0.312 e. The van der Waals surface area contributed by atoms with Gasteiger partial charge in [-0.1, -0.05) is 39.8 Å². The van der Waals surface area contributed by atoms with Gasteiger partial charge >= 0.3 is 5.69 Å². The highest BCUT2D eigenvalue weighted by molar-refractivity contribution is 5.77. The molecule has 3 aromatic rings. The van der Waals surface area contributed by atoms with Crippen molar-refractivity contribution in [3.63, 3.8) is 0 Å². The molecule has 0 aliphatic carbocycles. The molecule has 3 heterocycles. The van der Waals surface area contributed by atoms with E-state index >= 15 is 0 Å². The van der Waals surface area contributed by atoms with E-state index in [1.54, 1.807) is 7.05 Å². The molecule has 0 bridgehead atoms.